The summed E-state index contributed by atoms with van der Waals surface area (Å²) in [4.78, 5) is 8.90. The van der Waals surface area contributed by atoms with Gasteiger partial charge in [-0.3, -0.25) is 0 Å². The molecule has 1 unspecified atom stereocenters. The second kappa shape index (κ2) is 8.20. The molecular formula is C17H30N4. The molecule has 1 saturated carbocycles. The van der Waals surface area contributed by atoms with Gasteiger partial charge in [0.25, 0.3) is 0 Å². The molecule has 1 heterocycles. The van der Waals surface area contributed by atoms with Crippen molar-refractivity contribution in [1.29, 1.82) is 0 Å². The van der Waals surface area contributed by atoms with Gasteiger partial charge in [0.1, 0.15) is 18.0 Å². The minimum absolute atomic E-state index is 0.542. The molecule has 1 fully saturated rings. The van der Waals surface area contributed by atoms with Crippen LogP contribution in [-0.2, 0) is 6.42 Å². The van der Waals surface area contributed by atoms with Crippen LogP contribution in [0.15, 0.2) is 6.33 Å². The van der Waals surface area contributed by atoms with Gasteiger partial charge in [-0.15, -0.1) is 0 Å². The van der Waals surface area contributed by atoms with E-state index >= 15 is 0 Å². The summed E-state index contributed by atoms with van der Waals surface area (Å²) in [6.07, 6.45) is 10.7. The number of anilines is 2. The number of hydrogen-bond donors (Lipinski definition) is 2. The van der Waals surface area contributed by atoms with Crippen molar-refractivity contribution < 1.29 is 0 Å². The Labute approximate surface area is 129 Å². The van der Waals surface area contributed by atoms with Crippen LogP contribution < -0.4 is 10.6 Å². The summed E-state index contributed by atoms with van der Waals surface area (Å²) in [6.45, 7) is 7.45. The molecule has 2 N–H and O–H groups in total. The second-order valence-corrected chi connectivity index (χ2v) is 5.99. The third-order valence-electron chi connectivity index (χ3n) is 4.62. The Hall–Kier alpha value is -1.32. The highest BCUT2D eigenvalue weighted by Gasteiger charge is 2.23. The van der Waals surface area contributed by atoms with Crippen molar-refractivity contribution in [3.63, 3.8) is 0 Å². The van der Waals surface area contributed by atoms with Gasteiger partial charge < -0.3 is 10.6 Å². The summed E-state index contributed by atoms with van der Waals surface area (Å²) >= 11 is 0. The normalized spacial score (nSPS) is 17.5. The zero-order valence-electron chi connectivity index (χ0n) is 13.8. The van der Waals surface area contributed by atoms with E-state index in [1.807, 2.05) is 0 Å². The second-order valence-electron chi connectivity index (χ2n) is 5.99. The molecule has 4 nitrogen and oxygen atoms in total. The van der Waals surface area contributed by atoms with Crippen molar-refractivity contribution in [3.8, 4) is 0 Å². The van der Waals surface area contributed by atoms with E-state index in [0.29, 0.717) is 6.04 Å². The van der Waals surface area contributed by atoms with Crippen molar-refractivity contribution in [2.45, 2.75) is 71.8 Å². The first kappa shape index (κ1) is 16.1. The van der Waals surface area contributed by atoms with E-state index in [0.717, 1.165) is 36.9 Å². The highest BCUT2D eigenvalue weighted by molar-refractivity contribution is 5.57. The summed E-state index contributed by atoms with van der Waals surface area (Å²) in [6, 6.07) is 0.542. The van der Waals surface area contributed by atoms with Gasteiger partial charge in [0.05, 0.1) is 0 Å². The van der Waals surface area contributed by atoms with Gasteiger partial charge in [-0.1, -0.05) is 33.1 Å². The summed E-state index contributed by atoms with van der Waals surface area (Å²) in [5, 5.41) is 7.07. The van der Waals surface area contributed by atoms with E-state index in [9.17, 15) is 0 Å². The van der Waals surface area contributed by atoms with E-state index in [1.165, 1.54) is 37.7 Å². The third kappa shape index (κ3) is 4.08. The monoisotopic (exact) mass is 290 g/mol. The van der Waals surface area contributed by atoms with E-state index in [4.69, 9.17) is 0 Å². The Kier molecular flexibility index (Phi) is 6.27. The van der Waals surface area contributed by atoms with Gasteiger partial charge in [0.15, 0.2) is 0 Å². The lowest BCUT2D eigenvalue weighted by Crippen LogP contribution is -2.31. The minimum atomic E-state index is 0.542. The Morgan fingerprint density at radius 3 is 2.43 bits per heavy atom. The van der Waals surface area contributed by atoms with Crippen LogP contribution in [0.5, 0.6) is 0 Å². The molecule has 21 heavy (non-hydrogen) atoms. The third-order valence-corrected chi connectivity index (χ3v) is 4.62. The van der Waals surface area contributed by atoms with Gasteiger partial charge in [-0.25, -0.2) is 9.97 Å². The van der Waals surface area contributed by atoms with E-state index in [1.54, 1.807) is 6.33 Å². The maximum Gasteiger partial charge on any atom is 0.134 e. The van der Waals surface area contributed by atoms with Crippen molar-refractivity contribution in [1.82, 2.24) is 9.97 Å². The van der Waals surface area contributed by atoms with Gasteiger partial charge in [0.2, 0.25) is 0 Å². The van der Waals surface area contributed by atoms with Gasteiger partial charge in [-0.05, 0) is 38.5 Å². The number of aromatic nitrogens is 2. The Morgan fingerprint density at radius 2 is 1.81 bits per heavy atom. The maximum absolute atomic E-state index is 4.51. The molecule has 0 aromatic carbocycles. The van der Waals surface area contributed by atoms with Crippen molar-refractivity contribution in [2.75, 3.05) is 17.2 Å². The molecule has 0 amide bonds. The van der Waals surface area contributed by atoms with Crippen LogP contribution in [0.25, 0.3) is 0 Å². The lowest BCUT2D eigenvalue weighted by molar-refractivity contribution is 0.312. The first-order valence-corrected chi connectivity index (χ1v) is 8.64. The SMILES string of the molecule is CCNc1ncnc(NC(CC)C2CCCCC2)c1CC. The van der Waals surface area contributed by atoms with Crippen molar-refractivity contribution in [3.05, 3.63) is 11.9 Å². The lowest BCUT2D eigenvalue weighted by Gasteiger charge is -2.31. The smallest absolute Gasteiger partial charge is 0.134 e. The fraction of sp³-hybridized carbons (Fsp3) is 0.765. The van der Waals surface area contributed by atoms with Crippen molar-refractivity contribution in [2.24, 2.45) is 5.92 Å². The first-order valence-electron chi connectivity index (χ1n) is 8.64. The number of hydrogen-bond acceptors (Lipinski definition) is 4. The molecule has 0 aliphatic heterocycles. The van der Waals surface area contributed by atoms with E-state index < -0.39 is 0 Å². The van der Waals surface area contributed by atoms with Crippen LogP contribution in [0, 0.1) is 5.92 Å². The standard InChI is InChI=1S/C17H30N4/c1-4-14-16(18-6-3)19-12-20-17(14)21-15(5-2)13-10-8-7-9-11-13/h12-13,15H,4-11H2,1-3H3,(H2,18,19,20,21). The fourth-order valence-electron chi connectivity index (χ4n) is 3.46. The molecule has 118 valence electrons. The van der Waals surface area contributed by atoms with Gasteiger partial charge >= 0.3 is 0 Å². The lowest BCUT2D eigenvalue weighted by atomic mass is 9.83. The van der Waals surface area contributed by atoms with Gasteiger partial charge in [0, 0.05) is 18.2 Å². The average molecular weight is 290 g/mol. The Morgan fingerprint density at radius 1 is 1.10 bits per heavy atom. The van der Waals surface area contributed by atoms with Crippen LogP contribution in [0.4, 0.5) is 11.6 Å². The molecule has 1 aromatic rings. The molecule has 0 bridgehead atoms. The fourth-order valence-corrected chi connectivity index (χ4v) is 3.46. The number of nitrogens with one attached hydrogen (secondary N) is 2. The van der Waals surface area contributed by atoms with Crippen LogP contribution >= 0.6 is 0 Å². The molecule has 1 aliphatic rings. The maximum atomic E-state index is 4.51. The summed E-state index contributed by atoms with van der Waals surface area (Å²) < 4.78 is 0. The molecule has 4 heteroatoms. The first-order chi connectivity index (χ1) is 10.3. The molecular weight excluding hydrogens is 260 g/mol. The van der Waals surface area contributed by atoms with Crippen LogP contribution in [-0.4, -0.2) is 22.6 Å². The van der Waals surface area contributed by atoms with Crippen molar-refractivity contribution >= 4 is 11.6 Å². The molecule has 1 atom stereocenters. The molecule has 0 radical (unpaired) electrons. The predicted octanol–water partition coefficient (Wildman–Crippen LogP) is 4.24. The highest BCUT2D eigenvalue weighted by Crippen LogP contribution is 2.30. The Bertz CT molecular complexity index is 427. The molecule has 0 spiro atoms. The zero-order chi connectivity index (χ0) is 15.1. The summed E-state index contributed by atoms with van der Waals surface area (Å²) in [5.74, 6) is 2.81. The zero-order valence-corrected chi connectivity index (χ0v) is 13.8. The summed E-state index contributed by atoms with van der Waals surface area (Å²) in [5.41, 5.74) is 1.22. The Balaban J connectivity index is 2.14. The largest absolute Gasteiger partial charge is 0.370 e. The highest BCUT2D eigenvalue weighted by atomic mass is 15.1. The van der Waals surface area contributed by atoms with E-state index in [-0.39, 0.29) is 0 Å². The van der Waals surface area contributed by atoms with Crippen LogP contribution in [0.3, 0.4) is 0 Å². The average Bonchev–Trinajstić information content (AvgIpc) is 2.54. The van der Waals surface area contributed by atoms with E-state index in [2.05, 4.69) is 41.4 Å². The van der Waals surface area contributed by atoms with Crippen LogP contribution in [0.1, 0.15) is 64.9 Å². The van der Waals surface area contributed by atoms with Gasteiger partial charge in [-0.2, -0.15) is 0 Å². The minimum Gasteiger partial charge on any atom is -0.370 e. The van der Waals surface area contributed by atoms with Crippen LogP contribution in [0.2, 0.25) is 0 Å². The molecule has 0 saturated heterocycles. The molecule has 1 aromatic heterocycles. The predicted molar refractivity (Wildman–Crippen MR) is 89.9 cm³/mol. The molecule has 1 aliphatic carbocycles. The topological polar surface area (TPSA) is 49.8 Å². The number of nitrogens with zero attached hydrogens (tertiary/aromatic N) is 2. The molecule has 2 rings (SSSR count). The summed E-state index contributed by atoms with van der Waals surface area (Å²) in [7, 11) is 0. The number of rotatable bonds is 7. The quantitative estimate of drug-likeness (QED) is 0.788.